The van der Waals surface area contributed by atoms with E-state index in [1.54, 1.807) is 12.3 Å². The van der Waals surface area contributed by atoms with E-state index < -0.39 is 0 Å². The van der Waals surface area contributed by atoms with Gasteiger partial charge in [0.25, 0.3) is 0 Å². The van der Waals surface area contributed by atoms with E-state index in [2.05, 4.69) is 10.3 Å². The lowest BCUT2D eigenvalue weighted by Crippen LogP contribution is -2.26. The van der Waals surface area contributed by atoms with Gasteiger partial charge in [0.15, 0.2) is 6.19 Å². The minimum Gasteiger partial charge on any atom is -0.456 e. The number of benzene rings is 2. The zero-order valence-corrected chi connectivity index (χ0v) is 9.92. The van der Waals surface area contributed by atoms with Gasteiger partial charge in [-0.3, -0.25) is 5.32 Å². The summed E-state index contributed by atoms with van der Waals surface area (Å²) in [4.78, 5) is 4.10. The number of nitriles is 1. The molecule has 0 aliphatic heterocycles. The van der Waals surface area contributed by atoms with Crippen LogP contribution in [0.15, 0.2) is 51.9 Å². The van der Waals surface area contributed by atoms with Gasteiger partial charge in [-0.1, -0.05) is 18.2 Å². The number of nitrogens with zero attached hydrogens (tertiary/aromatic N) is 2. The van der Waals surface area contributed by atoms with Gasteiger partial charge in [0, 0.05) is 10.8 Å². The highest BCUT2D eigenvalue weighted by Crippen LogP contribution is 2.31. The number of furan rings is 1. The van der Waals surface area contributed by atoms with Gasteiger partial charge >= 0.3 is 0 Å². The number of nitrogens with two attached hydrogens (primary N) is 1. The normalized spacial score (nSPS) is 11.6. The summed E-state index contributed by atoms with van der Waals surface area (Å²) in [6.07, 6.45) is 1.73. The van der Waals surface area contributed by atoms with Crippen molar-refractivity contribution >= 4 is 33.6 Å². The van der Waals surface area contributed by atoms with Gasteiger partial charge in [0.1, 0.15) is 11.2 Å². The topological polar surface area (TPSA) is 87.3 Å². The molecule has 0 unspecified atom stereocenters. The largest absolute Gasteiger partial charge is 0.456 e. The molecule has 92 valence electrons. The number of nitrogens with one attached hydrogen (secondary N) is 1. The van der Waals surface area contributed by atoms with Crippen LogP contribution in [0, 0.1) is 11.5 Å². The Morgan fingerprint density at radius 1 is 1.16 bits per heavy atom. The summed E-state index contributed by atoms with van der Waals surface area (Å²) in [7, 11) is 0. The van der Waals surface area contributed by atoms with Crippen LogP contribution >= 0.6 is 0 Å². The molecule has 3 rings (SSSR count). The fourth-order valence-electron chi connectivity index (χ4n) is 2.01. The predicted molar refractivity (Wildman–Crippen MR) is 73.8 cm³/mol. The Labute approximate surface area is 108 Å². The molecule has 0 spiro atoms. The average Bonchev–Trinajstić information content (AvgIpc) is 2.77. The standard InChI is InChI=1S/C14H10N4O/c15-8-17-14(16)18-9-5-6-13-11(7-9)10-3-1-2-4-12(10)19-13/h1-7H,(H3,16,17,18). The Balaban J connectivity index is 2.17. The molecule has 5 heteroatoms. The van der Waals surface area contributed by atoms with Crippen molar-refractivity contribution in [2.45, 2.75) is 0 Å². The van der Waals surface area contributed by atoms with Gasteiger partial charge in [0.05, 0.1) is 5.69 Å². The second-order valence-corrected chi connectivity index (χ2v) is 4.01. The predicted octanol–water partition coefficient (Wildman–Crippen LogP) is 2.60. The zero-order valence-electron chi connectivity index (χ0n) is 9.92. The summed E-state index contributed by atoms with van der Waals surface area (Å²) < 4.78 is 5.71. The lowest BCUT2D eigenvalue weighted by molar-refractivity contribution is 0.669. The SMILES string of the molecule is N#CNC(N)=Nc1ccc2oc3ccccc3c2c1. The number of para-hydroxylation sites is 1. The first-order chi connectivity index (χ1) is 9.28. The molecule has 19 heavy (non-hydrogen) atoms. The second kappa shape index (κ2) is 4.35. The van der Waals surface area contributed by atoms with Gasteiger partial charge in [0.2, 0.25) is 5.96 Å². The van der Waals surface area contributed by atoms with Crippen molar-refractivity contribution in [1.82, 2.24) is 5.32 Å². The summed E-state index contributed by atoms with van der Waals surface area (Å²) >= 11 is 0. The first kappa shape index (κ1) is 11.1. The van der Waals surface area contributed by atoms with E-state index in [0.29, 0.717) is 5.69 Å². The Morgan fingerprint density at radius 2 is 1.95 bits per heavy atom. The zero-order chi connectivity index (χ0) is 13.2. The van der Waals surface area contributed by atoms with Crippen LogP contribution in [0.2, 0.25) is 0 Å². The minimum atomic E-state index is 0.0645. The van der Waals surface area contributed by atoms with Crippen molar-refractivity contribution in [3.8, 4) is 6.19 Å². The van der Waals surface area contributed by atoms with Crippen LogP contribution in [0.25, 0.3) is 21.9 Å². The van der Waals surface area contributed by atoms with Crippen molar-refractivity contribution in [3.63, 3.8) is 0 Å². The molecule has 3 aromatic rings. The molecule has 0 amide bonds. The fraction of sp³-hybridized carbons (Fsp3) is 0. The van der Waals surface area contributed by atoms with E-state index in [1.165, 1.54) is 0 Å². The summed E-state index contributed by atoms with van der Waals surface area (Å²) in [6, 6.07) is 13.3. The van der Waals surface area contributed by atoms with Crippen molar-refractivity contribution in [3.05, 3.63) is 42.5 Å². The molecule has 1 aromatic heterocycles. The van der Waals surface area contributed by atoms with Crippen molar-refractivity contribution in [2.75, 3.05) is 0 Å². The molecule has 5 nitrogen and oxygen atoms in total. The maximum atomic E-state index is 8.46. The van der Waals surface area contributed by atoms with Crippen LogP contribution in [-0.2, 0) is 0 Å². The molecule has 0 aliphatic rings. The molecule has 0 radical (unpaired) electrons. The number of hydrogen-bond donors (Lipinski definition) is 2. The number of aliphatic imine (C=N–C) groups is 1. The van der Waals surface area contributed by atoms with Gasteiger partial charge < -0.3 is 10.2 Å². The van der Waals surface area contributed by atoms with Crippen LogP contribution in [0.5, 0.6) is 0 Å². The van der Waals surface area contributed by atoms with Crippen molar-refractivity contribution in [1.29, 1.82) is 5.26 Å². The lowest BCUT2D eigenvalue weighted by atomic mass is 10.1. The van der Waals surface area contributed by atoms with E-state index >= 15 is 0 Å². The first-order valence-electron chi connectivity index (χ1n) is 5.68. The van der Waals surface area contributed by atoms with Gasteiger partial charge in [-0.05, 0) is 24.3 Å². The first-order valence-corrected chi connectivity index (χ1v) is 5.68. The molecule has 0 saturated carbocycles. The van der Waals surface area contributed by atoms with Gasteiger partial charge in [-0.25, -0.2) is 4.99 Å². The highest BCUT2D eigenvalue weighted by atomic mass is 16.3. The Hall–Kier alpha value is -3.00. The Bertz CT molecular complexity index is 826. The summed E-state index contributed by atoms with van der Waals surface area (Å²) in [5.74, 6) is 0.0645. The number of fused-ring (bicyclic) bond motifs is 3. The average molecular weight is 250 g/mol. The second-order valence-electron chi connectivity index (χ2n) is 4.01. The van der Waals surface area contributed by atoms with E-state index in [0.717, 1.165) is 21.9 Å². The fourth-order valence-corrected chi connectivity index (χ4v) is 2.01. The summed E-state index contributed by atoms with van der Waals surface area (Å²) in [5.41, 5.74) is 7.84. The van der Waals surface area contributed by atoms with Crippen molar-refractivity contribution in [2.24, 2.45) is 10.7 Å². The molecule has 0 atom stereocenters. The number of hydrogen-bond acceptors (Lipinski definition) is 3. The molecular weight excluding hydrogens is 240 g/mol. The molecule has 0 fully saturated rings. The van der Waals surface area contributed by atoms with Gasteiger partial charge in [-0.2, -0.15) is 5.26 Å². The third-order valence-corrected chi connectivity index (χ3v) is 2.79. The molecule has 0 bridgehead atoms. The summed E-state index contributed by atoms with van der Waals surface area (Å²) in [6.45, 7) is 0. The minimum absolute atomic E-state index is 0.0645. The van der Waals surface area contributed by atoms with E-state index in [1.807, 2.05) is 36.4 Å². The van der Waals surface area contributed by atoms with Crippen LogP contribution in [0.1, 0.15) is 0 Å². The quantitative estimate of drug-likeness (QED) is 0.301. The van der Waals surface area contributed by atoms with E-state index in [4.69, 9.17) is 15.4 Å². The molecular formula is C14H10N4O. The van der Waals surface area contributed by atoms with Crippen LogP contribution in [-0.4, -0.2) is 5.96 Å². The van der Waals surface area contributed by atoms with Gasteiger partial charge in [-0.15, -0.1) is 0 Å². The van der Waals surface area contributed by atoms with Crippen molar-refractivity contribution < 1.29 is 4.42 Å². The highest BCUT2D eigenvalue weighted by molar-refractivity contribution is 6.06. The number of rotatable bonds is 1. The molecule has 2 aromatic carbocycles. The number of guanidine groups is 1. The maximum Gasteiger partial charge on any atom is 0.207 e. The van der Waals surface area contributed by atoms with Crippen LogP contribution in [0.3, 0.4) is 0 Å². The Morgan fingerprint density at radius 3 is 2.79 bits per heavy atom. The molecule has 1 heterocycles. The summed E-state index contributed by atoms with van der Waals surface area (Å²) in [5, 5.41) is 12.7. The third kappa shape index (κ3) is 1.96. The third-order valence-electron chi connectivity index (χ3n) is 2.79. The Kier molecular flexibility index (Phi) is 2.54. The van der Waals surface area contributed by atoms with Crippen LogP contribution < -0.4 is 11.1 Å². The lowest BCUT2D eigenvalue weighted by Gasteiger charge is -1.97. The van der Waals surface area contributed by atoms with Crippen LogP contribution in [0.4, 0.5) is 5.69 Å². The smallest absolute Gasteiger partial charge is 0.207 e. The monoisotopic (exact) mass is 250 g/mol. The maximum absolute atomic E-state index is 8.46. The van der Waals surface area contributed by atoms with E-state index in [9.17, 15) is 0 Å². The van der Waals surface area contributed by atoms with E-state index in [-0.39, 0.29) is 5.96 Å². The molecule has 3 N–H and O–H groups in total. The highest BCUT2D eigenvalue weighted by Gasteiger charge is 2.06. The molecule has 0 aliphatic carbocycles. The molecule has 0 saturated heterocycles.